The smallest absolute Gasteiger partial charge is 0.0433 e. The summed E-state index contributed by atoms with van der Waals surface area (Å²) in [4.78, 5) is 0. The lowest BCUT2D eigenvalue weighted by Gasteiger charge is -2.35. The van der Waals surface area contributed by atoms with Crippen molar-refractivity contribution in [3.63, 3.8) is 0 Å². The van der Waals surface area contributed by atoms with Crippen molar-refractivity contribution in [2.75, 3.05) is 19.7 Å². The highest BCUT2D eigenvalue weighted by Crippen LogP contribution is 2.25. The van der Waals surface area contributed by atoms with Crippen LogP contribution in [0.25, 0.3) is 0 Å². The maximum Gasteiger partial charge on any atom is 0.0433 e. The predicted molar refractivity (Wildman–Crippen MR) is 54.4 cm³/mol. The van der Waals surface area contributed by atoms with Crippen molar-refractivity contribution in [3.8, 4) is 0 Å². The van der Waals surface area contributed by atoms with Crippen molar-refractivity contribution < 1.29 is 5.11 Å². The number of piperidine rings is 1. The van der Waals surface area contributed by atoms with Crippen molar-refractivity contribution in [3.05, 3.63) is 0 Å². The Morgan fingerprint density at radius 2 is 2.38 bits per heavy atom. The number of rotatable bonds is 4. The molecule has 0 radical (unpaired) electrons. The molecule has 0 bridgehead atoms. The van der Waals surface area contributed by atoms with Gasteiger partial charge in [0.15, 0.2) is 0 Å². The number of aliphatic hydroxyl groups is 1. The van der Waals surface area contributed by atoms with Gasteiger partial charge in [-0.25, -0.2) is 0 Å². The van der Waals surface area contributed by atoms with Gasteiger partial charge in [0.2, 0.25) is 0 Å². The third-order valence-electron chi connectivity index (χ3n) is 3.20. The van der Waals surface area contributed by atoms with Crippen LogP contribution in [0.5, 0.6) is 0 Å². The zero-order chi connectivity index (χ0) is 9.68. The van der Waals surface area contributed by atoms with E-state index < -0.39 is 0 Å². The van der Waals surface area contributed by atoms with Crippen LogP contribution >= 0.6 is 0 Å². The maximum atomic E-state index is 8.93. The molecule has 1 heterocycles. The molecule has 4 N–H and O–H groups in total. The van der Waals surface area contributed by atoms with Gasteiger partial charge < -0.3 is 16.2 Å². The molecular weight excluding hydrogens is 164 g/mol. The third kappa shape index (κ3) is 2.93. The summed E-state index contributed by atoms with van der Waals surface area (Å²) in [5, 5.41) is 12.3. The van der Waals surface area contributed by atoms with Crippen molar-refractivity contribution in [2.24, 2.45) is 17.6 Å². The Balaban J connectivity index is 2.45. The first-order valence-corrected chi connectivity index (χ1v) is 5.36. The van der Waals surface area contributed by atoms with Gasteiger partial charge >= 0.3 is 0 Å². The van der Waals surface area contributed by atoms with E-state index in [-0.39, 0.29) is 0 Å². The summed E-state index contributed by atoms with van der Waals surface area (Å²) >= 11 is 0. The van der Waals surface area contributed by atoms with Gasteiger partial charge in [0.25, 0.3) is 0 Å². The van der Waals surface area contributed by atoms with E-state index in [1.807, 2.05) is 0 Å². The van der Waals surface area contributed by atoms with Crippen molar-refractivity contribution in [1.29, 1.82) is 0 Å². The molecule has 3 unspecified atom stereocenters. The lowest BCUT2D eigenvalue weighted by atomic mass is 9.79. The normalized spacial score (nSPS) is 31.6. The Morgan fingerprint density at radius 1 is 1.62 bits per heavy atom. The molecule has 0 aromatic heterocycles. The van der Waals surface area contributed by atoms with E-state index in [4.69, 9.17) is 10.8 Å². The molecule has 3 heteroatoms. The molecule has 0 aliphatic carbocycles. The van der Waals surface area contributed by atoms with Gasteiger partial charge in [-0.15, -0.1) is 0 Å². The second kappa shape index (κ2) is 5.58. The van der Waals surface area contributed by atoms with Crippen molar-refractivity contribution >= 4 is 0 Å². The van der Waals surface area contributed by atoms with Crippen molar-refractivity contribution in [2.45, 2.75) is 32.2 Å². The Bertz CT molecular complexity index is 139. The minimum atomic E-state index is 0.296. The van der Waals surface area contributed by atoms with Gasteiger partial charge in [-0.2, -0.15) is 0 Å². The van der Waals surface area contributed by atoms with E-state index >= 15 is 0 Å². The summed E-state index contributed by atoms with van der Waals surface area (Å²) in [5.74, 6) is 1.19. The summed E-state index contributed by atoms with van der Waals surface area (Å²) in [6.07, 6.45) is 3.12. The summed E-state index contributed by atoms with van der Waals surface area (Å²) in [6, 6.07) is 0.296. The molecular formula is C10H22N2O. The second-order valence-electron chi connectivity index (χ2n) is 4.00. The number of aliphatic hydroxyl groups excluding tert-OH is 1. The lowest BCUT2D eigenvalue weighted by molar-refractivity contribution is 0.164. The average Bonchev–Trinajstić information content (AvgIpc) is 2.18. The van der Waals surface area contributed by atoms with Gasteiger partial charge in [-0.05, 0) is 44.2 Å². The Morgan fingerprint density at radius 3 is 3.00 bits per heavy atom. The highest BCUT2D eigenvalue weighted by Gasteiger charge is 2.28. The molecule has 13 heavy (non-hydrogen) atoms. The van der Waals surface area contributed by atoms with E-state index in [0.717, 1.165) is 25.9 Å². The van der Waals surface area contributed by atoms with Crippen LogP contribution < -0.4 is 11.1 Å². The molecule has 0 aromatic rings. The van der Waals surface area contributed by atoms with Crippen LogP contribution in [-0.2, 0) is 0 Å². The summed E-state index contributed by atoms with van der Waals surface area (Å²) in [5.41, 5.74) is 6.05. The number of hydrogen-bond acceptors (Lipinski definition) is 3. The van der Waals surface area contributed by atoms with E-state index in [1.165, 1.54) is 6.42 Å². The highest BCUT2D eigenvalue weighted by atomic mass is 16.3. The lowest BCUT2D eigenvalue weighted by Crippen LogP contribution is -2.46. The maximum absolute atomic E-state index is 8.93. The van der Waals surface area contributed by atoms with Crippen LogP contribution in [0.3, 0.4) is 0 Å². The molecule has 3 atom stereocenters. The van der Waals surface area contributed by atoms with Crippen molar-refractivity contribution in [1.82, 2.24) is 5.32 Å². The molecule has 1 fully saturated rings. The van der Waals surface area contributed by atoms with E-state index in [9.17, 15) is 0 Å². The van der Waals surface area contributed by atoms with Crippen LogP contribution in [0.2, 0.25) is 0 Å². The van der Waals surface area contributed by atoms with Gasteiger partial charge in [0, 0.05) is 12.6 Å². The Kier molecular flexibility index (Phi) is 4.70. The van der Waals surface area contributed by atoms with E-state index in [2.05, 4.69) is 12.2 Å². The summed E-state index contributed by atoms with van der Waals surface area (Å²) < 4.78 is 0. The molecule has 0 aromatic carbocycles. The topological polar surface area (TPSA) is 58.3 Å². The van der Waals surface area contributed by atoms with Gasteiger partial charge in [0.05, 0.1) is 0 Å². The monoisotopic (exact) mass is 186 g/mol. The second-order valence-corrected chi connectivity index (χ2v) is 4.00. The summed E-state index contributed by atoms with van der Waals surface area (Å²) in [7, 11) is 0. The van der Waals surface area contributed by atoms with Gasteiger partial charge in [-0.1, -0.05) is 6.92 Å². The van der Waals surface area contributed by atoms with E-state index in [1.54, 1.807) is 0 Å². The minimum Gasteiger partial charge on any atom is -0.396 e. The Hall–Kier alpha value is -0.120. The largest absolute Gasteiger partial charge is 0.396 e. The SMILES string of the molecule is CCC(N)C1CNCCC1CCO. The molecule has 0 amide bonds. The van der Waals surface area contributed by atoms with Crippen LogP contribution in [0.4, 0.5) is 0 Å². The molecule has 3 nitrogen and oxygen atoms in total. The fourth-order valence-corrected chi connectivity index (χ4v) is 2.26. The average molecular weight is 186 g/mol. The molecule has 1 aliphatic heterocycles. The zero-order valence-electron chi connectivity index (χ0n) is 8.50. The first-order chi connectivity index (χ1) is 6.29. The Labute approximate surface area is 80.7 Å². The minimum absolute atomic E-state index is 0.296. The fourth-order valence-electron chi connectivity index (χ4n) is 2.26. The molecule has 1 aliphatic rings. The van der Waals surface area contributed by atoms with Crippen LogP contribution in [0.15, 0.2) is 0 Å². The molecule has 0 spiro atoms. The zero-order valence-corrected chi connectivity index (χ0v) is 8.50. The number of nitrogens with one attached hydrogen (secondary N) is 1. The van der Waals surface area contributed by atoms with E-state index in [0.29, 0.717) is 24.5 Å². The number of nitrogens with two attached hydrogens (primary N) is 1. The summed E-state index contributed by atoms with van der Waals surface area (Å²) in [6.45, 7) is 4.55. The number of hydrogen-bond donors (Lipinski definition) is 3. The van der Waals surface area contributed by atoms with Crippen LogP contribution in [0, 0.1) is 11.8 Å². The van der Waals surface area contributed by atoms with Crippen LogP contribution in [-0.4, -0.2) is 30.8 Å². The first-order valence-electron chi connectivity index (χ1n) is 5.36. The fraction of sp³-hybridized carbons (Fsp3) is 1.00. The van der Waals surface area contributed by atoms with Crippen LogP contribution in [0.1, 0.15) is 26.2 Å². The third-order valence-corrected chi connectivity index (χ3v) is 3.20. The first kappa shape index (κ1) is 11.0. The quantitative estimate of drug-likeness (QED) is 0.593. The molecule has 0 saturated carbocycles. The molecule has 78 valence electrons. The van der Waals surface area contributed by atoms with Gasteiger partial charge in [0.1, 0.15) is 0 Å². The highest BCUT2D eigenvalue weighted by molar-refractivity contribution is 4.84. The molecule has 1 rings (SSSR count). The standard InChI is InChI=1S/C10H22N2O/c1-2-10(11)9-7-12-5-3-8(9)4-6-13/h8-10,12-13H,2-7,11H2,1H3. The molecule has 1 saturated heterocycles. The van der Waals surface area contributed by atoms with Gasteiger partial charge in [-0.3, -0.25) is 0 Å². The predicted octanol–water partition coefficient (Wildman–Crippen LogP) is 0.332.